The second kappa shape index (κ2) is 5.58. The predicted molar refractivity (Wildman–Crippen MR) is 94.5 cm³/mol. The van der Waals surface area contributed by atoms with E-state index in [4.69, 9.17) is 5.10 Å². The molecule has 3 heteroatoms. The lowest BCUT2D eigenvalue weighted by atomic mass is 9.98. The van der Waals surface area contributed by atoms with Crippen LogP contribution in [0.25, 0.3) is 22.4 Å². The summed E-state index contributed by atoms with van der Waals surface area (Å²) in [5.74, 6) is 0.210. The first-order valence-corrected chi connectivity index (χ1v) is 7.83. The molecule has 0 saturated carbocycles. The first kappa shape index (κ1) is 15.3. The van der Waals surface area contributed by atoms with Crippen molar-refractivity contribution in [1.82, 2.24) is 9.78 Å². The van der Waals surface area contributed by atoms with Gasteiger partial charge in [-0.25, -0.2) is 4.68 Å². The van der Waals surface area contributed by atoms with Gasteiger partial charge in [-0.05, 0) is 38.8 Å². The van der Waals surface area contributed by atoms with Gasteiger partial charge in [0, 0.05) is 5.56 Å². The van der Waals surface area contributed by atoms with Gasteiger partial charge in [0.05, 0.1) is 11.1 Å². The van der Waals surface area contributed by atoms with Crippen molar-refractivity contribution in [2.45, 2.75) is 33.2 Å². The molecule has 1 N–H and O–H groups in total. The fraction of sp³-hybridized carbons (Fsp3) is 0.250. The SMILES string of the molecule is Cc1ccccc1-c1nn(C(C)(C)C)c(O)c1-c1ccccc1. The van der Waals surface area contributed by atoms with E-state index in [1.54, 1.807) is 4.68 Å². The highest BCUT2D eigenvalue weighted by Crippen LogP contribution is 2.41. The van der Waals surface area contributed by atoms with Gasteiger partial charge in [0.1, 0.15) is 5.69 Å². The normalized spacial score (nSPS) is 11.7. The van der Waals surface area contributed by atoms with Crippen LogP contribution >= 0.6 is 0 Å². The summed E-state index contributed by atoms with van der Waals surface area (Å²) in [7, 11) is 0. The van der Waals surface area contributed by atoms with Crippen LogP contribution < -0.4 is 0 Å². The monoisotopic (exact) mass is 306 g/mol. The molecule has 0 aliphatic carbocycles. The van der Waals surface area contributed by atoms with E-state index < -0.39 is 0 Å². The lowest BCUT2D eigenvalue weighted by molar-refractivity contribution is 0.296. The van der Waals surface area contributed by atoms with Crippen LogP contribution in [0.4, 0.5) is 0 Å². The molecule has 3 nitrogen and oxygen atoms in total. The number of aryl methyl sites for hydroxylation is 1. The topological polar surface area (TPSA) is 38.0 Å². The minimum absolute atomic E-state index is 0.210. The minimum atomic E-state index is -0.297. The molecule has 3 aromatic rings. The molecule has 0 spiro atoms. The molecule has 3 rings (SSSR count). The van der Waals surface area contributed by atoms with Crippen molar-refractivity contribution in [2.75, 3.05) is 0 Å². The molecule has 0 saturated heterocycles. The van der Waals surface area contributed by atoms with E-state index in [-0.39, 0.29) is 11.4 Å². The Balaban J connectivity index is 2.33. The van der Waals surface area contributed by atoms with Crippen LogP contribution in [-0.2, 0) is 5.54 Å². The van der Waals surface area contributed by atoms with E-state index in [2.05, 4.69) is 19.1 Å². The highest BCUT2D eigenvalue weighted by molar-refractivity contribution is 5.85. The van der Waals surface area contributed by atoms with Crippen molar-refractivity contribution in [2.24, 2.45) is 0 Å². The fourth-order valence-electron chi connectivity index (χ4n) is 2.77. The van der Waals surface area contributed by atoms with Gasteiger partial charge in [-0.3, -0.25) is 0 Å². The maximum absolute atomic E-state index is 10.9. The Hall–Kier alpha value is -2.55. The number of benzene rings is 2. The molecule has 0 amide bonds. The summed E-state index contributed by atoms with van der Waals surface area (Å²) in [6.45, 7) is 8.18. The molecule has 1 heterocycles. The van der Waals surface area contributed by atoms with E-state index in [0.717, 1.165) is 27.9 Å². The number of aromatic nitrogens is 2. The second-order valence-electron chi connectivity index (χ2n) is 6.81. The summed E-state index contributed by atoms with van der Waals surface area (Å²) in [5, 5.41) is 15.6. The Bertz CT molecular complexity index is 827. The summed E-state index contributed by atoms with van der Waals surface area (Å²) in [6, 6.07) is 18.1. The summed E-state index contributed by atoms with van der Waals surface area (Å²) in [5.41, 5.74) is 4.47. The quantitative estimate of drug-likeness (QED) is 0.724. The van der Waals surface area contributed by atoms with Crippen molar-refractivity contribution < 1.29 is 5.11 Å². The van der Waals surface area contributed by atoms with Crippen molar-refractivity contribution in [1.29, 1.82) is 0 Å². The molecular formula is C20H22N2O. The Morgan fingerprint density at radius 1 is 0.913 bits per heavy atom. The van der Waals surface area contributed by atoms with E-state index in [1.165, 1.54) is 0 Å². The Morgan fingerprint density at radius 2 is 1.52 bits per heavy atom. The van der Waals surface area contributed by atoms with Crippen LogP contribution in [0.3, 0.4) is 0 Å². The molecule has 1 aromatic heterocycles. The smallest absolute Gasteiger partial charge is 0.218 e. The van der Waals surface area contributed by atoms with Gasteiger partial charge >= 0.3 is 0 Å². The van der Waals surface area contributed by atoms with Gasteiger partial charge in [0.2, 0.25) is 5.88 Å². The van der Waals surface area contributed by atoms with Crippen LogP contribution in [-0.4, -0.2) is 14.9 Å². The van der Waals surface area contributed by atoms with E-state index in [1.807, 2.05) is 63.2 Å². The maximum atomic E-state index is 10.9. The molecule has 0 atom stereocenters. The van der Waals surface area contributed by atoms with Crippen molar-refractivity contribution in [3.05, 3.63) is 60.2 Å². The average molecular weight is 306 g/mol. The number of nitrogens with zero attached hydrogens (tertiary/aromatic N) is 2. The molecule has 0 fully saturated rings. The molecular weight excluding hydrogens is 284 g/mol. The first-order chi connectivity index (χ1) is 10.9. The standard InChI is InChI=1S/C20H22N2O/c1-14-10-8-9-13-16(14)18-17(15-11-6-5-7-12-15)19(23)22(21-18)20(2,3)4/h5-13,23H,1-4H3. The Kier molecular flexibility index (Phi) is 3.72. The van der Waals surface area contributed by atoms with Gasteiger partial charge in [-0.1, -0.05) is 54.6 Å². The van der Waals surface area contributed by atoms with E-state index in [9.17, 15) is 5.11 Å². The van der Waals surface area contributed by atoms with Crippen LogP contribution in [0.2, 0.25) is 0 Å². The number of aromatic hydroxyl groups is 1. The largest absolute Gasteiger partial charge is 0.493 e. The van der Waals surface area contributed by atoms with E-state index >= 15 is 0 Å². The molecule has 2 aromatic carbocycles. The van der Waals surface area contributed by atoms with Gasteiger partial charge in [0.25, 0.3) is 0 Å². The predicted octanol–water partition coefficient (Wildman–Crippen LogP) is 4.99. The number of hydrogen-bond acceptors (Lipinski definition) is 2. The third-order valence-corrected chi connectivity index (χ3v) is 3.96. The van der Waals surface area contributed by atoms with Gasteiger partial charge < -0.3 is 5.11 Å². The summed E-state index contributed by atoms with van der Waals surface area (Å²) in [4.78, 5) is 0. The lowest BCUT2D eigenvalue weighted by Crippen LogP contribution is -2.22. The Morgan fingerprint density at radius 3 is 2.13 bits per heavy atom. The number of rotatable bonds is 2. The van der Waals surface area contributed by atoms with Crippen LogP contribution in [0, 0.1) is 6.92 Å². The van der Waals surface area contributed by atoms with Crippen molar-refractivity contribution in [3.63, 3.8) is 0 Å². The second-order valence-corrected chi connectivity index (χ2v) is 6.81. The minimum Gasteiger partial charge on any atom is -0.493 e. The molecule has 0 radical (unpaired) electrons. The summed E-state index contributed by atoms with van der Waals surface area (Å²) >= 11 is 0. The highest BCUT2D eigenvalue weighted by atomic mass is 16.3. The van der Waals surface area contributed by atoms with Crippen LogP contribution in [0.5, 0.6) is 5.88 Å². The zero-order valence-electron chi connectivity index (χ0n) is 14.0. The van der Waals surface area contributed by atoms with Crippen LogP contribution in [0.1, 0.15) is 26.3 Å². The molecule has 0 bridgehead atoms. The molecule has 0 aliphatic heterocycles. The lowest BCUT2D eigenvalue weighted by Gasteiger charge is -2.20. The molecule has 23 heavy (non-hydrogen) atoms. The fourth-order valence-corrected chi connectivity index (χ4v) is 2.77. The van der Waals surface area contributed by atoms with Gasteiger partial charge in [-0.2, -0.15) is 5.10 Å². The highest BCUT2D eigenvalue weighted by Gasteiger charge is 2.26. The third kappa shape index (κ3) is 2.74. The Labute approximate surface area is 137 Å². The molecule has 0 aliphatic rings. The van der Waals surface area contributed by atoms with Crippen LogP contribution in [0.15, 0.2) is 54.6 Å². The summed E-state index contributed by atoms with van der Waals surface area (Å²) < 4.78 is 1.71. The van der Waals surface area contributed by atoms with Gasteiger partial charge in [0.15, 0.2) is 0 Å². The molecule has 118 valence electrons. The molecule has 0 unspecified atom stereocenters. The number of hydrogen-bond donors (Lipinski definition) is 1. The maximum Gasteiger partial charge on any atom is 0.218 e. The average Bonchev–Trinajstić information content (AvgIpc) is 2.86. The van der Waals surface area contributed by atoms with Crippen molar-refractivity contribution >= 4 is 0 Å². The van der Waals surface area contributed by atoms with E-state index in [0.29, 0.717) is 0 Å². The van der Waals surface area contributed by atoms with Crippen molar-refractivity contribution in [3.8, 4) is 28.3 Å². The zero-order chi connectivity index (χ0) is 16.6. The summed E-state index contributed by atoms with van der Waals surface area (Å²) in [6.07, 6.45) is 0. The third-order valence-electron chi connectivity index (χ3n) is 3.96. The first-order valence-electron chi connectivity index (χ1n) is 7.83. The van der Waals surface area contributed by atoms with Gasteiger partial charge in [-0.15, -0.1) is 0 Å². The zero-order valence-corrected chi connectivity index (χ0v) is 14.0.